The number of carbonyl (C=O) groups is 1. The van der Waals surface area contributed by atoms with E-state index in [0.717, 1.165) is 33.3 Å². The smallest absolute Gasteiger partial charge is 0.233 e. The fourth-order valence-electron chi connectivity index (χ4n) is 3.89. The molecule has 0 N–H and O–H groups in total. The van der Waals surface area contributed by atoms with E-state index in [1.54, 1.807) is 35.2 Å². The van der Waals surface area contributed by atoms with Gasteiger partial charge in [0.2, 0.25) is 5.91 Å². The van der Waals surface area contributed by atoms with Crippen LogP contribution in [0, 0.1) is 13.8 Å². The van der Waals surface area contributed by atoms with Crippen LogP contribution in [0.5, 0.6) is 0 Å². The zero-order chi connectivity index (χ0) is 24.5. The number of rotatable bonds is 7. The third-order valence-electron chi connectivity index (χ3n) is 5.73. The van der Waals surface area contributed by atoms with Crippen LogP contribution in [0.1, 0.15) is 16.8 Å². The van der Waals surface area contributed by atoms with Gasteiger partial charge in [0.05, 0.1) is 22.5 Å². The normalized spacial score (nSPS) is 11.5. The Kier molecular flexibility index (Phi) is 6.63. The Hall–Kier alpha value is -3.36. The van der Waals surface area contributed by atoms with E-state index in [9.17, 15) is 13.2 Å². The second-order valence-corrected chi connectivity index (χ2v) is 11.0. The lowest BCUT2D eigenvalue weighted by Gasteiger charge is -2.20. The molecule has 34 heavy (non-hydrogen) atoms. The van der Waals surface area contributed by atoms with Crippen LogP contribution in [-0.2, 0) is 21.1 Å². The Morgan fingerprint density at radius 1 is 1.09 bits per heavy atom. The molecule has 4 rings (SSSR count). The number of carbonyl (C=O) groups excluding carboxylic acids is 1. The van der Waals surface area contributed by atoms with Gasteiger partial charge in [0, 0.05) is 34.8 Å². The molecular weight excluding hydrogens is 466 g/mol. The van der Waals surface area contributed by atoms with E-state index in [0.29, 0.717) is 17.4 Å². The predicted octanol–water partition coefficient (Wildman–Crippen LogP) is 5.14. The van der Waals surface area contributed by atoms with Crippen molar-refractivity contribution in [2.24, 2.45) is 0 Å². The Morgan fingerprint density at radius 3 is 2.47 bits per heavy atom. The summed E-state index contributed by atoms with van der Waals surface area (Å²) in [7, 11) is -3.27. The van der Waals surface area contributed by atoms with Crippen molar-refractivity contribution in [2.75, 3.05) is 17.7 Å². The molecule has 0 radical (unpaired) electrons. The van der Waals surface area contributed by atoms with Crippen LogP contribution in [0.3, 0.4) is 0 Å². The molecule has 0 atom stereocenters. The third kappa shape index (κ3) is 4.78. The van der Waals surface area contributed by atoms with Gasteiger partial charge in [-0.25, -0.2) is 13.4 Å². The number of fused-ring (bicyclic) bond motifs is 1. The number of para-hydroxylation sites is 1. The number of sulfone groups is 1. The van der Waals surface area contributed by atoms with Gasteiger partial charge in [-0.2, -0.15) is 0 Å². The lowest BCUT2D eigenvalue weighted by atomic mass is 9.99. The van der Waals surface area contributed by atoms with E-state index < -0.39 is 9.84 Å². The maximum absolute atomic E-state index is 13.4. The average molecular weight is 492 g/mol. The number of aromatic nitrogens is 2. The highest BCUT2D eigenvalue weighted by Crippen LogP contribution is 2.30. The molecule has 174 valence electrons. The Labute approximate surface area is 203 Å². The second kappa shape index (κ2) is 9.48. The van der Waals surface area contributed by atoms with E-state index >= 15 is 0 Å². The third-order valence-corrected chi connectivity index (χ3v) is 7.72. The first-order valence-electron chi connectivity index (χ1n) is 10.7. The maximum Gasteiger partial charge on any atom is 0.233 e. The van der Waals surface area contributed by atoms with Crippen LogP contribution < -0.4 is 4.90 Å². The number of hydrogen-bond acceptors (Lipinski definition) is 6. The summed E-state index contributed by atoms with van der Waals surface area (Å²) < 4.78 is 23.4. The number of nitrogens with zero attached hydrogens (tertiary/aromatic N) is 3. The van der Waals surface area contributed by atoms with Crippen molar-refractivity contribution in [3.8, 4) is 11.3 Å². The summed E-state index contributed by atoms with van der Waals surface area (Å²) >= 11 is 1.36. The SMILES string of the molecule is C=CCN(C(=O)Cc1c(C)nc2ccccc2c1C)c1nc(-c2ccc(S(C)(=O)=O)cc2)cs1. The quantitative estimate of drug-likeness (QED) is 0.335. The van der Waals surface area contributed by atoms with Crippen molar-refractivity contribution < 1.29 is 13.2 Å². The monoisotopic (exact) mass is 491 g/mol. The number of anilines is 1. The van der Waals surface area contributed by atoms with Crippen molar-refractivity contribution in [3.63, 3.8) is 0 Å². The van der Waals surface area contributed by atoms with Gasteiger partial charge in [-0.3, -0.25) is 14.7 Å². The molecule has 2 heterocycles. The number of aryl methyl sites for hydroxylation is 2. The highest BCUT2D eigenvalue weighted by molar-refractivity contribution is 7.90. The Balaban J connectivity index is 1.62. The second-order valence-electron chi connectivity index (χ2n) is 8.10. The van der Waals surface area contributed by atoms with Gasteiger partial charge in [0.25, 0.3) is 0 Å². The molecule has 0 unspecified atom stereocenters. The number of amides is 1. The highest BCUT2D eigenvalue weighted by Gasteiger charge is 2.21. The summed E-state index contributed by atoms with van der Waals surface area (Å²) in [5.74, 6) is -0.0866. The van der Waals surface area contributed by atoms with Crippen LogP contribution in [0.25, 0.3) is 22.2 Å². The highest BCUT2D eigenvalue weighted by atomic mass is 32.2. The van der Waals surface area contributed by atoms with Gasteiger partial charge < -0.3 is 0 Å². The van der Waals surface area contributed by atoms with Crippen LogP contribution >= 0.6 is 11.3 Å². The maximum atomic E-state index is 13.4. The first-order valence-corrected chi connectivity index (χ1v) is 13.5. The minimum atomic E-state index is -3.27. The lowest BCUT2D eigenvalue weighted by molar-refractivity contribution is -0.117. The van der Waals surface area contributed by atoms with Crippen LogP contribution in [0.4, 0.5) is 5.13 Å². The summed E-state index contributed by atoms with van der Waals surface area (Å²) in [5.41, 5.74) is 5.21. The first kappa shape index (κ1) is 23.8. The summed E-state index contributed by atoms with van der Waals surface area (Å²) in [5, 5.41) is 3.47. The largest absolute Gasteiger partial charge is 0.284 e. The zero-order valence-corrected chi connectivity index (χ0v) is 20.9. The summed E-state index contributed by atoms with van der Waals surface area (Å²) in [4.78, 5) is 24.6. The summed E-state index contributed by atoms with van der Waals surface area (Å²) in [6, 6.07) is 14.5. The molecule has 6 nitrogen and oxygen atoms in total. The van der Waals surface area contributed by atoms with Gasteiger partial charge in [-0.15, -0.1) is 17.9 Å². The predicted molar refractivity (Wildman–Crippen MR) is 138 cm³/mol. The molecule has 0 aliphatic carbocycles. The molecule has 0 spiro atoms. The van der Waals surface area contributed by atoms with Crippen molar-refractivity contribution in [2.45, 2.75) is 25.2 Å². The molecule has 0 bridgehead atoms. The first-order chi connectivity index (χ1) is 16.2. The van der Waals surface area contributed by atoms with Crippen LogP contribution in [0.2, 0.25) is 0 Å². The topological polar surface area (TPSA) is 80.2 Å². The minimum absolute atomic E-state index is 0.0866. The number of benzene rings is 2. The molecule has 0 aliphatic heterocycles. The molecule has 0 fully saturated rings. The van der Waals surface area contributed by atoms with E-state index in [4.69, 9.17) is 0 Å². The molecule has 4 aromatic rings. The standard InChI is InChI=1S/C26H25N3O3S2/c1-5-14-29(25(30)15-22-17(2)21-8-6-7-9-23(21)27-18(22)3)26-28-24(16-33-26)19-10-12-20(13-11-19)34(4,31)32/h5-13,16H,1,14-15H2,2-4H3. The molecule has 8 heteroatoms. The molecule has 2 aromatic heterocycles. The summed E-state index contributed by atoms with van der Waals surface area (Å²) in [6.45, 7) is 8.09. The van der Waals surface area contributed by atoms with Gasteiger partial charge in [-0.1, -0.05) is 36.4 Å². The molecule has 0 saturated carbocycles. The Morgan fingerprint density at radius 2 is 1.79 bits per heavy atom. The summed E-state index contributed by atoms with van der Waals surface area (Å²) in [6.07, 6.45) is 3.07. The van der Waals surface area contributed by atoms with E-state index in [2.05, 4.69) is 16.5 Å². The minimum Gasteiger partial charge on any atom is -0.284 e. The zero-order valence-electron chi connectivity index (χ0n) is 19.3. The van der Waals surface area contributed by atoms with Gasteiger partial charge in [0.15, 0.2) is 15.0 Å². The molecule has 0 aliphatic rings. The van der Waals surface area contributed by atoms with Crippen molar-refractivity contribution in [3.05, 3.63) is 83.4 Å². The van der Waals surface area contributed by atoms with E-state index in [-0.39, 0.29) is 17.2 Å². The van der Waals surface area contributed by atoms with E-state index in [1.807, 2.05) is 43.5 Å². The van der Waals surface area contributed by atoms with Crippen LogP contribution in [0.15, 0.2) is 71.5 Å². The van der Waals surface area contributed by atoms with Crippen molar-refractivity contribution in [1.29, 1.82) is 0 Å². The van der Waals surface area contributed by atoms with Crippen LogP contribution in [-0.4, -0.2) is 37.1 Å². The van der Waals surface area contributed by atoms with Gasteiger partial charge >= 0.3 is 0 Å². The number of pyridine rings is 1. The van der Waals surface area contributed by atoms with Gasteiger partial charge in [0.1, 0.15) is 0 Å². The van der Waals surface area contributed by atoms with Crippen molar-refractivity contribution in [1.82, 2.24) is 9.97 Å². The average Bonchev–Trinajstić information content (AvgIpc) is 3.29. The fourth-order valence-corrected chi connectivity index (χ4v) is 5.38. The molecule has 2 aromatic carbocycles. The Bertz CT molecular complexity index is 1490. The van der Waals surface area contributed by atoms with Gasteiger partial charge in [-0.05, 0) is 43.2 Å². The molecular formula is C26H25N3O3S2. The molecule has 0 saturated heterocycles. The van der Waals surface area contributed by atoms with E-state index in [1.165, 1.54) is 17.6 Å². The number of thiazole rings is 1. The van der Waals surface area contributed by atoms with Crippen molar-refractivity contribution >= 4 is 43.1 Å². The fraction of sp³-hybridized carbons (Fsp3) is 0.192. The lowest BCUT2D eigenvalue weighted by Crippen LogP contribution is -2.32. The number of hydrogen-bond donors (Lipinski definition) is 0. The molecule has 1 amide bonds.